The molecule has 0 heterocycles. The fourth-order valence-electron chi connectivity index (χ4n) is 1.35. The number of nitrogen functional groups attached to an aromatic ring is 1. The molecule has 0 saturated heterocycles. The molecule has 0 atom stereocenters. The van der Waals surface area contributed by atoms with Gasteiger partial charge in [0.25, 0.3) is 0 Å². The van der Waals surface area contributed by atoms with Gasteiger partial charge in [-0.15, -0.1) is 0 Å². The molecule has 0 amide bonds. The summed E-state index contributed by atoms with van der Waals surface area (Å²) in [6.45, 7) is -0.712. The minimum atomic E-state index is -1.10. The minimum Gasteiger partial charge on any atom is -0.397 e. The lowest BCUT2D eigenvalue weighted by Gasteiger charge is -2.29. The molecule has 102 valence electrons. The second-order valence-electron chi connectivity index (χ2n) is 4.04. The fraction of sp³-hybridized carbons (Fsp3) is 0.455. The third-order valence-corrected chi connectivity index (χ3v) is 4.40. The van der Waals surface area contributed by atoms with Crippen molar-refractivity contribution in [1.29, 1.82) is 0 Å². The number of aliphatic hydroxyl groups excluding tert-OH is 3. The monoisotopic (exact) mass is 382 g/mol. The zero-order valence-electron chi connectivity index (χ0n) is 9.66. The van der Waals surface area contributed by atoms with Gasteiger partial charge in [-0.25, -0.2) is 0 Å². The molecule has 0 aliphatic rings. The topological polar surface area (TPSA) is 98.7 Å². The third kappa shape index (κ3) is 3.43. The van der Waals surface area contributed by atoms with Crippen molar-refractivity contribution in [3.63, 3.8) is 0 Å². The number of hydrogen-bond acceptors (Lipinski definition) is 5. The standard InChI is InChI=1S/C11H16Br2N2O3/c12-8-2-1-7(9(13)10(8)14)3-15-11(4-16,5-17)6-18/h1-2,15-18H,3-6,14H2. The molecule has 1 rings (SSSR count). The van der Waals surface area contributed by atoms with Crippen LogP contribution in [0, 0.1) is 0 Å². The van der Waals surface area contributed by atoms with Crippen molar-refractivity contribution in [3.05, 3.63) is 26.6 Å². The van der Waals surface area contributed by atoms with Crippen LogP contribution < -0.4 is 11.1 Å². The predicted octanol–water partition coefficient (Wildman–Crippen LogP) is 0.599. The van der Waals surface area contributed by atoms with Crippen molar-refractivity contribution in [1.82, 2.24) is 5.32 Å². The molecule has 5 nitrogen and oxygen atoms in total. The quantitative estimate of drug-likeness (QED) is 0.463. The maximum Gasteiger partial charge on any atom is 0.0884 e. The van der Waals surface area contributed by atoms with Gasteiger partial charge in [-0.3, -0.25) is 0 Å². The van der Waals surface area contributed by atoms with Crippen LogP contribution in [0.3, 0.4) is 0 Å². The summed E-state index contributed by atoms with van der Waals surface area (Å²) in [6.07, 6.45) is 0. The minimum absolute atomic E-state index is 0.358. The van der Waals surface area contributed by atoms with Gasteiger partial charge in [0.05, 0.1) is 31.0 Å². The second-order valence-corrected chi connectivity index (χ2v) is 5.69. The maximum atomic E-state index is 9.20. The van der Waals surface area contributed by atoms with Gasteiger partial charge in [0.15, 0.2) is 0 Å². The van der Waals surface area contributed by atoms with E-state index in [2.05, 4.69) is 37.2 Å². The van der Waals surface area contributed by atoms with Crippen LogP contribution in [-0.2, 0) is 6.54 Å². The number of anilines is 1. The lowest BCUT2D eigenvalue weighted by Crippen LogP contribution is -2.54. The van der Waals surface area contributed by atoms with Crippen LogP contribution in [0.1, 0.15) is 5.56 Å². The molecular weight excluding hydrogens is 368 g/mol. The molecule has 7 heteroatoms. The normalized spacial score (nSPS) is 11.8. The molecule has 0 saturated carbocycles. The summed E-state index contributed by atoms with van der Waals surface area (Å²) in [5.41, 5.74) is 6.21. The van der Waals surface area contributed by atoms with Gasteiger partial charge in [-0.2, -0.15) is 0 Å². The molecule has 18 heavy (non-hydrogen) atoms. The Morgan fingerprint density at radius 2 is 1.67 bits per heavy atom. The van der Waals surface area contributed by atoms with Gasteiger partial charge in [0.2, 0.25) is 0 Å². The van der Waals surface area contributed by atoms with E-state index in [0.717, 1.165) is 14.5 Å². The van der Waals surface area contributed by atoms with Crippen LogP contribution in [0.4, 0.5) is 5.69 Å². The molecule has 0 spiro atoms. The summed E-state index contributed by atoms with van der Waals surface area (Å²) < 4.78 is 1.53. The summed E-state index contributed by atoms with van der Waals surface area (Å²) in [6, 6.07) is 3.67. The van der Waals surface area contributed by atoms with Gasteiger partial charge >= 0.3 is 0 Å². The number of nitrogens with two attached hydrogens (primary N) is 1. The first-order chi connectivity index (χ1) is 8.49. The van der Waals surface area contributed by atoms with Crippen molar-refractivity contribution in [2.75, 3.05) is 25.6 Å². The van der Waals surface area contributed by atoms with Crippen molar-refractivity contribution < 1.29 is 15.3 Å². The molecule has 6 N–H and O–H groups in total. The average molecular weight is 384 g/mol. The van der Waals surface area contributed by atoms with Crippen molar-refractivity contribution >= 4 is 37.5 Å². The summed E-state index contributed by atoms with van der Waals surface area (Å²) in [5, 5.41) is 30.5. The van der Waals surface area contributed by atoms with Crippen LogP contribution in [0.25, 0.3) is 0 Å². The van der Waals surface area contributed by atoms with Gasteiger partial charge in [0.1, 0.15) is 0 Å². The molecule has 0 aliphatic carbocycles. The van der Waals surface area contributed by atoms with Crippen LogP contribution in [0.15, 0.2) is 21.1 Å². The first-order valence-corrected chi connectivity index (χ1v) is 6.88. The van der Waals surface area contributed by atoms with E-state index in [1.165, 1.54) is 0 Å². The van der Waals surface area contributed by atoms with Gasteiger partial charge in [-0.05, 0) is 43.5 Å². The summed E-state index contributed by atoms with van der Waals surface area (Å²) >= 11 is 6.70. The van der Waals surface area contributed by atoms with E-state index in [-0.39, 0.29) is 19.8 Å². The zero-order valence-corrected chi connectivity index (χ0v) is 12.8. The van der Waals surface area contributed by atoms with E-state index in [0.29, 0.717) is 12.2 Å². The van der Waals surface area contributed by atoms with Crippen LogP contribution >= 0.6 is 31.9 Å². The van der Waals surface area contributed by atoms with E-state index in [1.54, 1.807) is 0 Å². The third-order valence-electron chi connectivity index (χ3n) is 2.77. The first-order valence-electron chi connectivity index (χ1n) is 5.29. The molecule has 0 bridgehead atoms. The fourth-order valence-corrected chi connectivity index (χ4v) is 2.43. The van der Waals surface area contributed by atoms with Crippen LogP contribution in [-0.4, -0.2) is 40.7 Å². The number of rotatable bonds is 6. The molecular formula is C11H16Br2N2O3. The van der Waals surface area contributed by atoms with E-state index >= 15 is 0 Å². The molecule has 0 aromatic heterocycles. The SMILES string of the molecule is Nc1c(Br)ccc(CNC(CO)(CO)CO)c1Br. The predicted molar refractivity (Wildman–Crippen MR) is 77.1 cm³/mol. The summed E-state index contributed by atoms with van der Waals surface area (Å²) in [5.74, 6) is 0. The molecule has 0 fully saturated rings. The van der Waals surface area contributed by atoms with Crippen LogP contribution in [0.2, 0.25) is 0 Å². The lowest BCUT2D eigenvalue weighted by atomic mass is 10.0. The highest BCUT2D eigenvalue weighted by atomic mass is 79.9. The maximum absolute atomic E-state index is 9.20. The summed E-state index contributed by atoms with van der Waals surface area (Å²) in [7, 11) is 0. The molecule has 1 aromatic rings. The largest absolute Gasteiger partial charge is 0.397 e. The number of aliphatic hydroxyl groups is 3. The smallest absolute Gasteiger partial charge is 0.0884 e. The van der Waals surface area contributed by atoms with Crippen LogP contribution in [0.5, 0.6) is 0 Å². The lowest BCUT2D eigenvalue weighted by molar-refractivity contribution is 0.0413. The highest BCUT2D eigenvalue weighted by molar-refractivity contribution is 9.11. The Kier molecular flexibility index (Phi) is 6.03. The molecule has 1 aromatic carbocycles. The molecule has 0 radical (unpaired) electrons. The van der Waals surface area contributed by atoms with Gasteiger partial charge < -0.3 is 26.4 Å². The second kappa shape index (κ2) is 6.83. The zero-order chi connectivity index (χ0) is 13.8. The van der Waals surface area contributed by atoms with E-state index < -0.39 is 5.54 Å². The number of halogens is 2. The Morgan fingerprint density at radius 1 is 1.11 bits per heavy atom. The Hall–Kier alpha value is -0.180. The number of nitrogens with one attached hydrogen (secondary N) is 1. The van der Waals surface area contributed by atoms with E-state index in [4.69, 9.17) is 5.73 Å². The Balaban J connectivity index is 2.83. The Labute approximate surface area is 122 Å². The Bertz CT molecular complexity index is 403. The summed E-state index contributed by atoms with van der Waals surface area (Å²) in [4.78, 5) is 0. The van der Waals surface area contributed by atoms with Crippen molar-refractivity contribution in [3.8, 4) is 0 Å². The van der Waals surface area contributed by atoms with Gasteiger partial charge in [0, 0.05) is 15.5 Å². The van der Waals surface area contributed by atoms with Crippen molar-refractivity contribution in [2.45, 2.75) is 12.1 Å². The molecule has 0 unspecified atom stereocenters. The van der Waals surface area contributed by atoms with E-state index in [1.807, 2.05) is 12.1 Å². The van der Waals surface area contributed by atoms with Gasteiger partial charge in [-0.1, -0.05) is 6.07 Å². The average Bonchev–Trinajstić information content (AvgIpc) is 2.40. The number of benzene rings is 1. The Morgan fingerprint density at radius 3 is 2.17 bits per heavy atom. The van der Waals surface area contributed by atoms with Crippen molar-refractivity contribution in [2.24, 2.45) is 0 Å². The van der Waals surface area contributed by atoms with E-state index in [9.17, 15) is 15.3 Å². The highest BCUT2D eigenvalue weighted by Gasteiger charge is 2.27. The number of hydrogen-bond donors (Lipinski definition) is 5. The highest BCUT2D eigenvalue weighted by Crippen LogP contribution is 2.31. The first kappa shape index (κ1) is 15.9. The molecule has 0 aliphatic heterocycles.